The van der Waals surface area contributed by atoms with Crippen LogP contribution in [0.15, 0.2) is 47.4 Å². The molecule has 1 saturated heterocycles. The van der Waals surface area contributed by atoms with Crippen LogP contribution in [0.5, 0.6) is 5.75 Å². The normalized spacial score (nSPS) is 15.2. The summed E-state index contributed by atoms with van der Waals surface area (Å²) in [5, 5.41) is 5.22. The molecule has 2 N–H and O–H groups in total. The van der Waals surface area contributed by atoms with Crippen LogP contribution in [-0.4, -0.2) is 44.9 Å². The lowest BCUT2D eigenvalue weighted by Gasteiger charge is -2.27. The second kappa shape index (κ2) is 10.4. The Hall–Kier alpha value is -2.79. The van der Waals surface area contributed by atoms with Gasteiger partial charge in [0.25, 0.3) is 0 Å². The monoisotopic (exact) mass is 485 g/mol. The molecule has 0 saturated carbocycles. The highest BCUT2D eigenvalue weighted by Crippen LogP contribution is 2.32. The molecule has 1 aliphatic heterocycles. The van der Waals surface area contributed by atoms with E-state index in [1.165, 1.54) is 34.6 Å². The average molecular weight is 486 g/mol. The third kappa shape index (κ3) is 6.38. The van der Waals surface area contributed by atoms with Crippen molar-refractivity contribution in [3.63, 3.8) is 0 Å². The Kier molecular flexibility index (Phi) is 7.85. The zero-order valence-corrected chi connectivity index (χ0v) is 18.9. The molecule has 0 radical (unpaired) electrons. The highest BCUT2D eigenvalue weighted by Gasteiger charge is 2.31. The van der Waals surface area contributed by atoms with Gasteiger partial charge in [-0.05, 0) is 56.2 Å². The molecule has 0 spiro atoms. The molecule has 180 valence electrons. The summed E-state index contributed by atoms with van der Waals surface area (Å²) in [6.07, 6.45) is -1.96. The maximum atomic E-state index is 13.2. The summed E-state index contributed by atoms with van der Waals surface area (Å²) in [6.45, 7) is 2.56. The maximum Gasteiger partial charge on any atom is 0.416 e. The number of hydrogen-bond donors (Lipinski definition) is 2. The number of carbonyl (C=O) groups is 1. The SMILES string of the molecule is CCOc1ccc(NC(=O)CNc2cccc(C(F)(F)F)c2)cc1S(=O)(=O)N1CCCCC1. The minimum atomic E-state index is -4.49. The van der Waals surface area contributed by atoms with Crippen molar-refractivity contribution < 1.29 is 31.1 Å². The molecule has 2 aromatic carbocycles. The molecule has 7 nitrogen and oxygen atoms in total. The molecule has 1 aliphatic rings. The van der Waals surface area contributed by atoms with Gasteiger partial charge in [-0.15, -0.1) is 0 Å². The predicted octanol–water partition coefficient (Wildman–Crippen LogP) is 4.33. The second-order valence-corrected chi connectivity index (χ2v) is 9.45. The first-order valence-corrected chi connectivity index (χ1v) is 12.0. The fourth-order valence-electron chi connectivity index (χ4n) is 3.50. The Bertz CT molecular complexity index is 1080. The maximum absolute atomic E-state index is 13.2. The lowest BCUT2D eigenvalue weighted by Crippen LogP contribution is -2.35. The number of ether oxygens (including phenoxy) is 1. The molecule has 0 atom stereocenters. The van der Waals surface area contributed by atoms with Crippen LogP contribution in [0, 0.1) is 0 Å². The molecular formula is C22H26F3N3O4S. The van der Waals surface area contributed by atoms with E-state index in [0.717, 1.165) is 31.4 Å². The zero-order valence-electron chi connectivity index (χ0n) is 18.1. The van der Waals surface area contributed by atoms with Gasteiger partial charge in [-0.1, -0.05) is 12.5 Å². The molecule has 1 fully saturated rings. The third-order valence-electron chi connectivity index (χ3n) is 5.10. The number of halogens is 3. The largest absolute Gasteiger partial charge is 0.492 e. The van der Waals surface area contributed by atoms with E-state index in [1.807, 2.05) is 0 Å². The van der Waals surface area contributed by atoms with Gasteiger partial charge in [0, 0.05) is 24.5 Å². The van der Waals surface area contributed by atoms with Crippen molar-refractivity contribution in [2.75, 3.05) is 36.9 Å². The van der Waals surface area contributed by atoms with Crippen LogP contribution < -0.4 is 15.4 Å². The van der Waals surface area contributed by atoms with Crippen molar-refractivity contribution in [2.24, 2.45) is 0 Å². The first-order valence-electron chi connectivity index (χ1n) is 10.6. The Labute approximate surface area is 191 Å². The Morgan fingerprint density at radius 1 is 1.06 bits per heavy atom. The predicted molar refractivity (Wildman–Crippen MR) is 119 cm³/mol. The minimum Gasteiger partial charge on any atom is -0.492 e. The van der Waals surface area contributed by atoms with E-state index in [4.69, 9.17) is 4.74 Å². The summed E-state index contributed by atoms with van der Waals surface area (Å²) >= 11 is 0. The number of hydrogen-bond acceptors (Lipinski definition) is 5. The standard InChI is InChI=1S/C22H26F3N3O4S/c1-2-32-19-10-9-18(14-20(19)33(30,31)28-11-4-3-5-12-28)27-21(29)15-26-17-8-6-7-16(13-17)22(23,24)25/h6-10,13-14,26H,2-5,11-12,15H2,1H3,(H,27,29). The van der Waals surface area contributed by atoms with Crippen LogP contribution in [0.3, 0.4) is 0 Å². The van der Waals surface area contributed by atoms with Gasteiger partial charge >= 0.3 is 6.18 Å². The molecular weight excluding hydrogens is 459 g/mol. The van der Waals surface area contributed by atoms with Crippen molar-refractivity contribution in [3.8, 4) is 5.75 Å². The van der Waals surface area contributed by atoms with E-state index in [-0.39, 0.29) is 35.2 Å². The van der Waals surface area contributed by atoms with E-state index in [2.05, 4.69) is 10.6 Å². The van der Waals surface area contributed by atoms with Gasteiger partial charge in [-0.2, -0.15) is 17.5 Å². The topological polar surface area (TPSA) is 87.7 Å². The third-order valence-corrected chi connectivity index (χ3v) is 7.02. The van der Waals surface area contributed by atoms with Gasteiger partial charge in [-0.3, -0.25) is 4.79 Å². The van der Waals surface area contributed by atoms with Crippen molar-refractivity contribution in [1.82, 2.24) is 4.31 Å². The number of piperidine rings is 1. The first-order chi connectivity index (χ1) is 15.6. The fraction of sp³-hybridized carbons (Fsp3) is 0.409. The molecule has 11 heteroatoms. The van der Waals surface area contributed by atoms with Crippen LogP contribution in [0.1, 0.15) is 31.7 Å². The minimum absolute atomic E-state index is 0.0325. The second-order valence-electron chi connectivity index (χ2n) is 7.54. The van der Waals surface area contributed by atoms with Crippen LogP contribution in [0.4, 0.5) is 24.5 Å². The number of amides is 1. The van der Waals surface area contributed by atoms with Crippen LogP contribution in [-0.2, 0) is 21.0 Å². The Morgan fingerprint density at radius 3 is 2.45 bits per heavy atom. The summed E-state index contributed by atoms with van der Waals surface area (Å²) in [5.74, 6) is -0.346. The van der Waals surface area contributed by atoms with E-state index < -0.39 is 27.7 Å². The van der Waals surface area contributed by atoms with Crippen molar-refractivity contribution >= 4 is 27.3 Å². The van der Waals surface area contributed by atoms with Gasteiger partial charge in [0.1, 0.15) is 10.6 Å². The summed E-state index contributed by atoms with van der Waals surface area (Å²) in [4.78, 5) is 12.3. The van der Waals surface area contributed by atoms with E-state index in [0.29, 0.717) is 13.1 Å². The summed E-state index contributed by atoms with van der Waals surface area (Å²) < 4.78 is 71.8. The van der Waals surface area contributed by atoms with Gasteiger partial charge in [0.05, 0.1) is 18.7 Å². The highest BCUT2D eigenvalue weighted by molar-refractivity contribution is 7.89. The molecule has 0 unspecified atom stereocenters. The number of rotatable bonds is 8. The number of sulfonamides is 1. The molecule has 1 heterocycles. The number of anilines is 2. The van der Waals surface area contributed by atoms with Crippen molar-refractivity contribution in [3.05, 3.63) is 48.0 Å². The van der Waals surface area contributed by atoms with Crippen molar-refractivity contribution in [1.29, 1.82) is 0 Å². The summed E-state index contributed by atoms with van der Waals surface area (Å²) in [7, 11) is -3.81. The summed E-state index contributed by atoms with van der Waals surface area (Å²) in [5.41, 5.74) is -0.447. The molecule has 0 aromatic heterocycles. The van der Waals surface area contributed by atoms with Crippen LogP contribution in [0.2, 0.25) is 0 Å². The number of nitrogens with zero attached hydrogens (tertiary/aromatic N) is 1. The van der Waals surface area contributed by atoms with Gasteiger partial charge in [0.15, 0.2) is 0 Å². The molecule has 2 aromatic rings. The van der Waals surface area contributed by atoms with Gasteiger partial charge < -0.3 is 15.4 Å². The first kappa shape index (κ1) is 24.8. The fourth-order valence-corrected chi connectivity index (χ4v) is 5.17. The number of alkyl halides is 3. The number of nitrogens with one attached hydrogen (secondary N) is 2. The Balaban J connectivity index is 1.73. The van der Waals surface area contributed by atoms with Gasteiger partial charge in [-0.25, -0.2) is 8.42 Å². The number of benzene rings is 2. The summed E-state index contributed by atoms with van der Waals surface area (Å²) in [6, 6.07) is 8.86. The molecule has 0 bridgehead atoms. The average Bonchev–Trinajstić information content (AvgIpc) is 2.79. The van der Waals surface area contributed by atoms with Crippen LogP contribution in [0.25, 0.3) is 0 Å². The Morgan fingerprint density at radius 2 is 1.79 bits per heavy atom. The molecule has 33 heavy (non-hydrogen) atoms. The molecule has 0 aliphatic carbocycles. The molecule has 1 amide bonds. The highest BCUT2D eigenvalue weighted by atomic mass is 32.2. The lowest BCUT2D eigenvalue weighted by atomic mass is 10.2. The van der Waals surface area contributed by atoms with E-state index >= 15 is 0 Å². The smallest absolute Gasteiger partial charge is 0.416 e. The number of carbonyl (C=O) groups excluding carboxylic acids is 1. The van der Waals surface area contributed by atoms with Gasteiger partial charge in [0.2, 0.25) is 15.9 Å². The zero-order chi connectivity index (χ0) is 24.1. The van der Waals surface area contributed by atoms with E-state index in [1.54, 1.807) is 6.92 Å². The van der Waals surface area contributed by atoms with E-state index in [9.17, 15) is 26.4 Å². The van der Waals surface area contributed by atoms with Crippen molar-refractivity contribution in [2.45, 2.75) is 37.3 Å². The van der Waals surface area contributed by atoms with Crippen LogP contribution >= 0.6 is 0 Å². The molecule has 3 rings (SSSR count). The lowest BCUT2D eigenvalue weighted by molar-refractivity contribution is -0.137. The quantitative estimate of drug-likeness (QED) is 0.581.